The zero-order valence-electron chi connectivity index (χ0n) is 11.7. The van der Waals surface area contributed by atoms with Crippen molar-refractivity contribution in [1.29, 1.82) is 0 Å². The van der Waals surface area contributed by atoms with Crippen molar-refractivity contribution in [2.24, 2.45) is 0 Å². The molecule has 1 heterocycles. The van der Waals surface area contributed by atoms with Crippen LogP contribution in [0.5, 0.6) is 5.75 Å². The van der Waals surface area contributed by atoms with Crippen LogP contribution in [0.2, 0.25) is 0 Å². The fraction of sp³-hybridized carbons (Fsp3) is 0.600. The second-order valence-electron chi connectivity index (χ2n) is 5.38. The van der Waals surface area contributed by atoms with Gasteiger partial charge in [-0.2, -0.15) is 0 Å². The Morgan fingerprint density at radius 2 is 2.22 bits per heavy atom. The molecule has 1 N–H and O–H groups in total. The van der Waals surface area contributed by atoms with E-state index in [0.717, 1.165) is 18.7 Å². The van der Waals surface area contributed by atoms with Gasteiger partial charge < -0.3 is 15.0 Å². The van der Waals surface area contributed by atoms with E-state index < -0.39 is 0 Å². The van der Waals surface area contributed by atoms with Crippen LogP contribution in [0.3, 0.4) is 0 Å². The monoisotopic (exact) mass is 248 g/mol. The molecule has 100 valence electrons. The second kappa shape index (κ2) is 6.21. The normalized spacial score (nSPS) is 19.4. The first-order valence-corrected chi connectivity index (χ1v) is 6.73. The number of benzene rings is 1. The molecule has 1 atom stereocenters. The molecule has 0 aromatic heterocycles. The number of nitrogens with zero attached hydrogens (tertiary/aromatic N) is 1. The summed E-state index contributed by atoms with van der Waals surface area (Å²) in [4.78, 5) is 2.18. The van der Waals surface area contributed by atoms with Gasteiger partial charge in [0.25, 0.3) is 0 Å². The second-order valence-corrected chi connectivity index (χ2v) is 5.38. The Hall–Kier alpha value is -1.06. The van der Waals surface area contributed by atoms with E-state index in [4.69, 9.17) is 4.74 Å². The minimum atomic E-state index is 0.658. The quantitative estimate of drug-likeness (QED) is 0.863. The van der Waals surface area contributed by atoms with E-state index in [1.807, 2.05) is 0 Å². The summed E-state index contributed by atoms with van der Waals surface area (Å²) in [5.41, 5.74) is 2.69. The van der Waals surface area contributed by atoms with Gasteiger partial charge in [-0.25, -0.2) is 0 Å². The first-order valence-electron chi connectivity index (χ1n) is 6.73. The fourth-order valence-corrected chi connectivity index (χ4v) is 2.64. The summed E-state index contributed by atoms with van der Waals surface area (Å²) in [7, 11) is 5.92. The Labute approximate surface area is 110 Å². The van der Waals surface area contributed by atoms with Crippen molar-refractivity contribution >= 4 is 0 Å². The fourth-order valence-electron chi connectivity index (χ4n) is 2.64. The largest absolute Gasteiger partial charge is 0.496 e. The van der Waals surface area contributed by atoms with Crippen LogP contribution in [0, 0.1) is 0 Å². The molecule has 0 radical (unpaired) electrons. The lowest BCUT2D eigenvalue weighted by Crippen LogP contribution is -2.23. The first-order chi connectivity index (χ1) is 8.69. The van der Waals surface area contributed by atoms with Gasteiger partial charge in [-0.05, 0) is 51.5 Å². The van der Waals surface area contributed by atoms with Gasteiger partial charge in [-0.3, -0.25) is 0 Å². The molecule has 3 nitrogen and oxygen atoms in total. The predicted molar refractivity (Wildman–Crippen MR) is 75.1 cm³/mol. The SMILES string of the molecule is COc1ccc(CC2CCCN2)cc1CN(C)C. The summed E-state index contributed by atoms with van der Waals surface area (Å²) in [6.45, 7) is 2.10. The van der Waals surface area contributed by atoms with Gasteiger partial charge in [0, 0.05) is 18.2 Å². The molecule has 3 heteroatoms. The van der Waals surface area contributed by atoms with Crippen molar-refractivity contribution in [1.82, 2.24) is 10.2 Å². The molecule has 0 aliphatic carbocycles. The molecule has 1 aromatic carbocycles. The van der Waals surface area contributed by atoms with Crippen LogP contribution < -0.4 is 10.1 Å². The molecule has 2 rings (SSSR count). The van der Waals surface area contributed by atoms with Gasteiger partial charge in [0.2, 0.25) is 0 Å². The summed E-state index contributed by atoms with van der Waals surface area (Å²) in [5.74, 6) is 0.992. The third-order valence-electron chi connectivity index (χ3n) is 3.48. The molecule has 18 heavy (non-hydrogen) atoms. The third-order valence-corrected chi connectivity index (χ3v) is 3.48. The molecule has 0 saturated carbocycles. The Kier molecular flexibility index (Phi) is 4.61. The highest BCUT2D eigenvalue weighted by molar-refractivity contribution is 5.37. The topological polar surface area (TPSA) is 24.5 Å². The maximum atomic E-state index is 5.43. The molecular formula is C15H24N2O. The van der Waals surface area contributed by atoms with E-state index >= 15 is 0 Å². The zero-order chi connectivity index (χ0) is 13.0. The highest BCUT2D eigenvalue weighted by Crippen LogP contribution is 2.22. The van der Waals surface area contributed by atoms with Crippen molar-refractivity contribution in [3.8, 4) is 5.75 Å². The third kappa shape index (κ3) is 3.47. The lowest BCUT2D eigenvalue weighted by Gasteiger charge is -2.16. The van der Waals surface area contributed by atoms with Crippen LogP contribution in [0.15, 0.2) is 18.2 Å². The highest BCUT2D eigenvalue weighted by atomic mass is 16.5. The minimum Gasteiger partial charge on any atom is -0.496 e. The lowest BCUT2D eigenvalue weighted by molar-refractivity contribution is 0.371. The molecule has 0 amide bonds. The van der Waals surface area contributed by atoms with E-state index in [2.05, 4.69) is 42.5 Å². The van der Waals surface area contributed by atoms with Crippen LogP contribution >= 0.6 is 0 Å². The van der Waals surface area contributed by atoms with Crippen molar-refractivity contribution in [2.45, 2.75) is 31.8 Å². The smallest absolute Gasteiger partial charge is 0.123 e. The van der Waals surface area contributed by atoms with Crippen LogP contribution in [-0.4, -0.2) is 38.7 Å². The molecule has 0 bridgehead atoms. The number of hydrogen-bond donors (Lipinski definition) is 1. The van der Waals surface area contributed by atoms with Gasteiger partial charge in [0.15, 0.2) is 0 Å². The summed E-state index contributed by atoms with van der Waals surface area (Å²) >= 11 is 0. The van der Waals surface area contributed by atoms with Gasteiger partial charge >= 0.3 is 0 Å². The van der Waals surface area contributed by atoms with E-state index in [9.17, 15) is 0 Å². The van der Waals surface area contributed by atoms with E-state index in [-0.39, 0.29) is 0 Å². The van der Waals surface area contributed by atoms with Gasteiger partial charge in [-0.1, -0.05) is 12.1 Å². The predicted octanol–water partition coefficient (Wildman–Crippen LogP) is 2.05. The van der Waals surface area contributed by atoms with Crippen LogP contribution in [-0.2, 0) is 13.0 Å². The van der Waals surface area contributed by atoms with Crippen molar-refractivity contribution in [3.05, 3.63) is 29.3 Å². The number of rotatable bonds is 5. The summed E-state index contributed by atoms with van der Waals surface area (Å²) < 4.78 is 5.43. The number of methoxy groups -OCH3 is 1. The maximum absolute atomic E-state index is 5.43. The highest BCUT2D eigenvalue weighted by Gasteiger charge is 2.15. The number of nitrogens with one attached hydrogen (secondary N) is 1. The summed E-state index contributed by atoms with van der Waals surface area (Å²) in [5, 5.41) is 3.55. The maximum Gasteiger partial charge on any atom is 0.123 e. The molecule has 1 unspecified atom stereocenters. The van der Waals surface area contributed by atoms with Gasteiger partial charge in [0.1, 0.15) is 5.75 Å². The molecule has 1 aromatic rings. The molecule has 1 aliphatic heterocycles. The van der Waals surface area contributed by atoms with Crippen molar-refractivity contribution in [2.75, 3.05) is 27.7 Å². The average Bonchev–Trinajstić information content (AvgIpc) is 2.81. The van der Waals surface area contributed by atoms with Gasteiger partial charge in [0.05, 0.1) is 7.11 Å². The molecular weight excluding hydrogens is 224 g/mol. The zero-order valence-corrected chi connectivity index (χ0v) is 11.7. The van der Waals surface area contributed by atoms with Crippen molar-refractivity contribution < 1.29 is 4.74 Å². The average molecular weight is 248 g/mol. The number of ether oxygens (including phenoxy) is 1. The standard InChI is InChI=1S/C15H24N2O/c1-17(2)11-13-9-12(6-7-15(13)18-3)10-14-5-4-8-16-14/h6-7,9,14,16H,4-5,8,10-11H2,1-3H3. The Morgan fingerprint density at radius 1 is 1.39 bits per heavy atom. The Morgan fingerprint density at radius 3 is 2.83 bits per heavy atom. The van der Waals surface area contributed by atoms with Crippen LogP contribution in [0.25, 0.3) is 0 Å². The lowest BCUT2D eigenvalue weighted by atomic mass is 10.0. The summed E-state index contributed by atoms with van der Waals surface area (Å²) in [6, 6.07) is 7.24. The van der Waals surface area contributed by atoms with E-state index in [1.165, 1.54) is 30.5 Å². The molecule has 1 saturated heterocycles. The number of hydrogen-bond acceptors (Lipinski definition) is 3. The summed E-state index contributed by atoms with van der Waals surface area (Å²) in [6.07, 6.45) is 3.74. The minimum absolute atomic E-state index is 0.658. The van der Waals surface area contributed by atoms with Crippen molar-refractivity contribution in [3.63, 3.8) is 0 Å². The van der Waals surface area contributed by atoms with E-state index in [1.54, 1.807) is 7.11 Å². The molecule has 1 fully saturated rings. The van der Waals surface area contributed by atoms with Crippen LogP contribution in [0.4, 0.5) is 0 Å². The Balaban J connectivity index is 2.10. The first kappa shape index (κ1) is 13.4. The Bertz CT molecular complexity index is 384. The van der Waals surface area contributed by atoms with Gasteiger partial charge in [-0.15, -0.1) is 0 Å². The van der Waals surface area contributed by atoms with Crippen LogP contribution in [0.1, 0.15) is 24.0 Å². The molecule has 0 spiro atoms. The molecule has 1 aliphatic rings. The van der Waals surface area contributed by atoms with E-state index in [0.29, 0.717) is 6.04 Å².